The molecule has 0 rings (SSSR count). The molecule has 0 radical (unpaired) electrons. The molecular weight excluding hydrogens is 233 g/mol. The summed E-state index contributed by atoms with van der Waals surface area (Å²) >= 11 is 2.04. The molecule has 1 N–H and O–H groups in total. The Labute approximate surface area is 108 Å². The molecule has 0 saturated carbocycles. The predicted octanol–water partition coefficient (Wildman–Crippen LogP) is 4.30. The molecule has 96 valence electrons. The monoisotopic (exact) mass is 261 g/mol. The Morgan fingerprint density at radius 3 is 2.56 bits per heavy atom. The van der Waals surface area contributed by atoms with Gasteiger partial charge in [-0.3, -0.25) is 0 Å². The maximum Gasteiger partial charge on any atom is 0.0158 e. The number of allylic oxidation sites excluding steroid dienone is 1. The van der Waals surface area contributed by atoms with Gasteiger partial charge in [-0.15, -0.1) is 20.3 Å². The number of hydrogen-bond acceptors (Lipinski definition) is 2. The summed E-state index contributed by atoms with van der Waals surface area (Å²) in [5, 5.41) is 3.43. The van der Waals surface area contributed by atoms with Crippen molar-refractivity contribution in [3.8, 4) is 0 Å². The molecular formula is C13H28NPS. The van der Waals surface area contributed by atoms with E-state index in [0.29, 0.717) is 12.0 Å². The Morgan fingerprint density at radius 1 is 1.44 bits per heavy atom. The van der Waals surface area contributed by atoms with Crippen LogP contribution in [0.4, 0.5) is 0 Å². The van der Waals surface area contributed by atoms with Crippen LogP contribution in [0.3, 0.4) is 0 Å². The number of hydrogen-bond donors (Lipinski definition) is 1. The molecule has 0 aromatic carbocycles. The van der Waals surface area contributed by atoms with Crippen LogP contribution in [-0.4, -0.2) is 25.5 Å². The number of unbranched alkanes of at least 4 members (excludes halogenated alkanes) is 1. The fourth-order valence-electron chi connectivity index (χ4n) is 1.48. The van der Waals surface area contributed by atoms with Crippen LogP contribution >= 0.6 is 20.3 Å². The SMILES string of the molecule is CCCCC(CS/C(=C/PC)C(C)C)NC. The first-order chi connectivity index (χ1) is 7.65. The lowest BCUT2D eigenvalue weighted by Gasteiger charge is -2.18. The van der Waals surface area contributed by atoms with E-state index in [0.717, 1.165) is 8.58 Å². The highest BCUT2D eigenvalue weighted by atomic mass is 32.2. The molecule has 0 aliphatic heterocycles. The topological polar surface area (TPSA) is 12.0 Å². The average molecular weight is 261 g/mol. The Balaban J connectivity index is 4.01. The smallest absolute Gasteiger partial charge is 0.0158 e. The number of nitrogens with one attached hydrogen (secondary N) is 1. The van der Waals surface area contributed by atoms with Crippen molar-refractivity contribution in [1.29, 1.82) is 0 Å². The van der Waals surface area contributed by atoms with E-state index in [1.807, 2.05) is 11.8 Å². The van der Waals surface area contributed by atoms with Crippen molar-refractivity contribution >= 4 is 20.3 Å². The van der Waals surface area contributed by atoms with Gasteiger partial charge < -0.3 is 5.32 Å². The van der Waals surface area contributed by atoms with Crippen LogP contribution in [-0.2, 0) is 0 Å². The van der Waals surface area contributed by atoms with E-state index in [9.17, 15) is 0 Å². The van der Waals surface area contributed by atoms with Crippen molar-refractivity contribution in [2.75, 3.05) is 19.5 Å². The van der Waals surface area contributed by atoms with E-state index in [1.54, 1.807) is 4.91 Å². The zero-order valence-corrected chi connectivity index (χ0v) is 13.3. The largest absolute Gasteiger partial charge is 0.316 e. The Morgan fingerprint density at radius 2 is 2.12 bits per heavy atom. The van der Waals surface area contributed by atoms with Gasteiger partial charge in [0, 0.05) is 11.8 Å². The lowest BCUT2D eigenvalue weighted by Crippen LogP contribution is -2.27. The van der Waals surface area contributed by atoms with Gasteiger partial charge in [-0.2, -0.15) is 0 Å². The molecule has 0 fully saturated rings. The quantitative estimate of drug-likeness (QED) is 0.621. The standard InChI is InChI=1S/C13H28NPS/c1-6-7-8-12(14-4)10-16-13(9-15-5)11(2)3/h9,11-12,14-15H,6-8,10H2,1-5H3/b13-9+. The molecule has 0 aromatic rings. The molecule has 0 spiro atoms. The van der Waals surface area contributed by atoms with Gasteiger partial charge >= 0.3 is 0 Å². The van der Waals surface area contributed by atoms with Gasteiger partial charge in [-0.05, 0) is 31.0 Å². The van der Waals surface area contributed by atoms with Crippen LogP contribution in [0.15, 0.2) is 10.7 Å². The summed E-state index contributed by atoms with van der Waals surface area (Å²) in [6, 6.07) is 0.673. The molecule has 0 aromatic heterocycles. The third-order valence-electron chi connectivity index (χ3n) is 2.62. The van der Waals surface area contributed by atoms with Crippen LogP contribution in [0, 0.1) is 5.92 Å². The van der Waals surface area contributed by atoms with Crippen molar-refractivity contribution in [2.45, 2.75) is 46.1 Å². The normalized spacial score (nSPS) is 15.2. The number of thioether (sulfide) groups is 1. The molecule has 2 unspecified atom stereocenters. The summed E-state index contributed by atoms with van der Waals surface area (Å²) < 4.78 is 0. The molecule has 0 heterocycles. The summed E-state index contributed by atoms with van der Waals surface area (Å²) in [4.78, 5) is 1.57. The Bertz CT molecular complexity index is 192. The molecule has 0 amide bonds. The van der Waals surface area contributed by atoms with Crippen LogP contribution in [0.1, 0.15) is 40.0 Å². The summed E-state index contributed by atoms with van der Waals surface area (Å²) in [6.07, 6.45) is 3.94. The van der Waals surface area contributed by atoms with Crippen molar-refractivity contribution in [2.24, 2.45) is 5.92 Å². The van der Waals surface area contributed by atoms with Crippen molar-refractivity contribution in [1.82, 2.24) is 5.32 Å². The maximum atomic E-state index is 3.43. The van der Waals surface area contributed by atoms with Crippen LogP contribution in [0.25, 0.3) is 0 Å². The lowest BCUT2D eigenvalue weighted by molar-refractivity contribution is 0.544. The summed E-state index contributed by atoms with van der Waals surface area (Å²) in [5.74, 6) is 4.30. The van der Waals surface area contributed by atoms with Crippen molar-refractivity contribution in [3.05, 3.63) is 10.7 Å². The van der Waals surface area contributed by atoms with Crippen LogP contribution < -0.4 is 5.32 Å². The van der Waals surface area contributed by atoms with Gasteiger partial charge in [-0.25, -0.2) is 0 Å². The minimum atomic E-state index is 0.673. The van der Waals surface area contributed by atoms with Gasteiger partial charge in [0.25, 0.3) is 0 Å². The second-order valence-corrected chi connectivity index (χ2v) is 6.39. The fourth-order valence-corrected chi connectivity index (χ4v) is 3.84. The highest BCUT2D eigenvalue weighted by molar-refractivity contribution is 8.03. The zero-order chi connectivity index (χ0) is 12.4. The molecule has 0 aliphatic rings. The molecule has 0 saturated heterocycles. The highest BCUT2D eigenvalue weighted by Gasteiger charge is 2.09. The molecule has 16 heavy (non-hydrogen) atoms. The highest BCUT2D eigenvalue weighted by Crippen LogP contribution is 2.29. The summed E-state index contributed by atoms with van der Waals surface area (Å²) in [6.45, 7) is 9.09. The average Bonchev–Trinajstić information content (AvgIpc) is 2.27. The Kier molecular flexibility index (Phi) is 10.9. The van der Waals surface area contributed by atoms with Gasteiger partial charge in [0.05, 0.1) is 0 Å². The van der Waals surface area contributed by atoms with Gasteiger partial charge in [-0.1, -0.05) is 39.4 Å². The molecule has 3 heteroatoms. The minimum absolute atomic E-state index is 0.673. The second kappa shape index (κ2) is 10.6. The van der Waals surface area contributed by atoms with E-state index in [4.69, 9.17) is 0 Å². The zero-order valence-electron chi connectivity index (χ0n) is 11.5. The minimum Gasteiger partial charge on any atom is -0.316 e. The van der Waals surface area contributed by atoms with Crippen molar-refractivity contribution < 1.29 is 0 Å². The predicted molar refractivity (Wildman–Crippen MR) is 82.0 cm³/mol. The molecule has 0 bridgehead atoms. The van der Waals surface area contributed by atoms with Gasteiger partial charge in [0.1, 0.15) is 0 Å². The molecule has 1 nitrogen and oxygen atoms in total. The van der Waals surface area contributed by atoms with Crippen LogP contribution in [0.5, 0.6) is 0 Å². The lowest BCUT2D eigenvalue weighted by atomic mass is 10.1. The Hall–Kier alpha value is 0.480. The number of rotatable bonds is 9. The summed E-state index contributed by atoms with van der Waals surface area (Å²) in [7, 11) is 3.02. The third kappa shape index (κ3) is 7.70. The molecule has 2 atom stereocenters. The third-order valence-corrected chi connectivity index (χ3v) is 4.92. The van der Waals surface area contributed by atoms with E-state index in [2.05, 4.69) is 45.6 Å². The van der Waals surface area contributed by atoms with E-state index in [-0.39, 0.29) is 0 Å². The second-order valence-electron chi connectivity index (χ2n) is 4.43. The van der Waals surface area contributed by atoms with Gasteiger partial charge in [0.15, 0.2) is 0 Å². The fraction of sp³-hybridized carbons (Fsp3) is 0.846. The van der Waals surface area contributed by atoms with E-state index >= 15 is 0 Å². The first-order valence-electron chi connectivity index (χ1n) is 6.33. The van der Waals surface area contributed by atoms with Gasteiger partial charge in [0.2, 0.25) is 0 Å². The maximum absolute atomic E-state index is 3.43. The van der Waals surface area contributed by atoms with Crippen molar-refractivity contribution in [3.63, 3.8) is 0 Å². The first-order valence-corrected chi connectivity index (χ1v) is 8.89. The summed E-state index contributed by atoms with van der Waals surface area (Å²) in [5.41, 5.74) is 0. The van der Waals surface area contributed by atoms with E-state index < -0.39 is 0 Å². The molecule has 0 aliphatic carbocycles. The first kappa shape index (κ1) is 16.5. The van der Waals surface area contributed by atoms with E-state index in [1.165, 1.54) is 25.0 Å². The van der Waals surface area contributed by atoms with Crippen LogP contribution in [0.2, 0.25) is 0 Å².